The maximum absolute atomic E-state index is 12.2. The fourth-order valence-corrected chi connectivity index (χ4v) is 4.41. The van der Waals surface area contributed by atoms with Gasteiger partial charge in [-0.15, -0.1) is 0 Å². The highest BCUT2D eigenvalue weighted by molar-refractivity contribution is 5.99. The van der Waals surface area contributed by atoms with Crippen LogP contribution in [0, 0.1) is 13.8 Å². The Labute approximate surface area is 188 Å². The average molecular weight is 434 g/mol. The number of hydrogen-bond acceptors (Lipinski definition) is 5. The van der Waals surface area contributed by atoms with Crippen LogP contribution < -0.4 is 16.0 Å². The molecule has 0 spiro atoms. The molecule has 0 atom stereocenters. The van der Waals surface area contributed by atoms with Crippen molar-refractivity contribution in [1.29, 1.82) is 0 Å². The quantitative estimate of drug-likeness (QED) is 0.450. The SMILES string of the molecule is Cc1cc(CNc2n[nH]c(Cc3ccc(N4CCCCC4)cc3)c2C(N)=O)cc(C)c1O. The van der Waals surface area contributed by atoms with Gasteiger partial charge in [0.15, 0.2) is 5.82 Å². The van der Waals surface area contributed by atoms with Crippen molar-refractivity contribution in [2.24, 2.45) is 5.73 Å². The Kier molecular flexibility index (Phi) is 6.35. The molecule has 0 radical (unpaired) electrons. The second-order valence-corrected chi connectivity index (χ2v) is 8.61. The number of H-pyrrole nitrogens is 1. The number of aromatic amines is 1. The molecule has 2 aromatic carbocycles. The molecule has 1 fully saturated rings. The molecule has 1 aliphatic rings. The van der Waals surface area contributed by atoms with Gasteiger partial charge in [0.05, 0.1) is 5.69 Å². The maximum Gasteiger partial charge on any atom is 0.254 e. The summed E-state index contributed by atoms with van der Waals surface area (Å²) in [5, 5.41) is 20.5. The highest BCUT2D eigenvalue weighted by Crippen LogP contribution is 2.25. The summed E-state index contributed by atoms with van der Waals surface area (Å²) < 4.78 is 0. The number of phenols is 1. The smallest absolute Gasteiger partial charge is 0.254 e. The number of nitrogens with one attached hydrogen (secondary N) is 2. The molecule has 5 N–H and O–H groups in total. The van der Waals surface area contributed by atoms with Gasteiger partial charge >= 0.3 is 0 Å². The molecule has 0 aliphatic carbocycles. The van der Waals surface area contributed by atoms with Crippen LogP contribution in [-0.2, 0) is 13.0 Å². The van der Waals surface area contributed by atoms with Crippen LogP contribution in [0.5, 0.6) is 5.75 Å². The lowest BCUT2D eigenvalue weighted by atomic mass is 10.0. The van der Waals surface area contributed by atoms with Crippen molar-refractivity contribution in [2.75, 3.05) is 23.3 Å². The van der Waals surface area contributed by atoms with E-state index in [-0.39, 0.29) is 0 Å². The molecular formula is C25H31N5O2. The van der Waals surface area contributed by atoms with E-state index >= 15 is 0 Å². The van der Waals surface area contributed by atoms with Crippen molar-refractivity contribution in [3.05, 3.63) is 69.9 Å². The lowest BCUT2D eigenvalue weighted by molar-refractivity contribution is 0.100. The van der Waals surface area contributed by atoms with Gasteiger partial charge in [0.1, 0.15) is 11.3 Å². The van der Waals surface area contributed by atoms with Gasteiger partial charge < -0.3 is 21.1 Å². The zero-order valence-electron chi connectivity index (χ0n) is 18.7. The second kappa shape index (κ2) is 9.34. The van der Waals surface area contributed by atoms with E-state index in [2.05, 4.69) is 44.7 Å². The van der Waals surface area contributed by atoms with Crippen LogP contribution in [0.2, 0.25) is 0 Å². The highest BCUT2D eigenvalue weighted by atomic mass is 16.3. The molecular weight excluding hydrogens is 402 g/mol. The van der Waals surface area contributed by atoms with Crippen molar-refractivity contribution in [2.45, 2.75) is 46.1 Å². The number of nitrogens with two attached hydrogens (primary N) is 1. The number of rotatable bonds is 7. The number of anilines is 2. The lowest BCUT2D eigenvalue weighted by Gasteiger charge is -2.28. The Hall–Kier alpha value is -3.48. The molecule has 1 saturated heterocycles. The van der Waals surface area contributed by atoms with Crippen LogP contribution in [-0.4, -0.2) is 34.3 Å². The number of piperidine rings is 1. The molecule has 1 aliphatic heterocycles. The maximum atomic E-state index is 12.2. The second-order valence-electron chi connectivity index (χ2n) is 8.61. The summed E-state index contributed by atoms with van der Waals surface area (Å²) in [5.74, 6) is 0.236. The van der Waals surface area contributed by atoms with E-state index in [1.807, 2.05) is 26.0 Å². The number of hydrogen-bond donors (Lipinski definition) is 4. The first-order chi connectivity index (χ1) is 15.4. The molecule has 1 aromatic heterocycles. The van der Waals surface area contributed by atoms with Gasteiger partial charge in [-0.2, -0.15) is 5.10 Å². The van der Waals surface area contributed by atoms with Crippen LogP contribution in [0.1, 0.15) is 57.6 Å². The predicted molar refractivity (Wildman–Crippen MR) is 127 cm³/mol. The highest BCUT2D eigenvalue weighted by Gasteiger charge is 2.19. The predicted octanol–water partition coefficient (Wildman–Crippen LogP) is 4.02. The summed E-state index contributed by atoms with van der Waals surface area (Å²) in [6.07, 6.45) is 4.35. The fourth-order valence-electron chi connectivity index (χ4n) is 4.41. The summed E-state index contributed by atoms with van der Waals surface area (Å²) in [6, 6.07) is 12.3. The topological polar surface area (TPSA) is 107 Å². The molecule has 3 aromatic rings. The van der Waals surface area contributed by atoms with Gasteiger partial charge in [0.2, 0.25) is 0 Å². The summed E-state index contributed by atoms with van der Waals surface area (Å²) in [6.45, 7) is 6.42. The molecule has 168 valence electrons. The zero-order valence-corrected chi connectivity index (χ0v) is 18.7. The van der Waals surface area contributed by atoms with Gasteiger partial charge in [-0.3, -0.25) is 9.89 Å². The largest absolute Gasteiger partial charge is 0.507 e. The average Bonchev–Trinajstić information content (AvgIpc) is 3.19. The van der Waals surface area contributed by atoms with E-state index in [0.717, 1.165) is 35.3 Å². The Morgan fingerprint density at radius 3 is 2.38 bits per heavy atom. The van der Waals surface area contributed by atoms with Crippen molar-refractivity contribution < 1.29 is 9.90 Å². The first-order valence-electron chi connectivity index (χ1n) is 11.2. The Balaban J connectivity index is 1.47. The van der Waals surface area contributed by atoms with Crippen molar-refractivity contribution in [1.82, 2.24) is 10.2 Å². The standard InChI is InChI=1S/C25H31N5O2/c1-16-12-19(13-17(2)23(16)31)15-27-25-22(24(26)32)21(28-29-25)14-18-6-8-20(9-7-18)30-10-4-3-5-11-30/h6-9,12-13,31H,3-5,10-11,14-15H2,1-2H3,(H2,26,32)(H2,27,28,29). The molecule has 0 unspecified atom stereocenters. The third-order valence-electron chi connectivity index (χ3n) is 6.14. The molecule has 0 bridgehead atoms. The monoisotopic (exact) mass is 433 g/mol. The van der Waals surface area contributed by atoms with Gasteiger partial charge in [0, 0.05) is 31.7 Å². The normalized spacial score (nSPS) is 13.9. The number of carbonyl (C=O) groups excluding carboxylic acids is 1. The third-order valence-corrected chi connectivity index (χ3v) is 6.14. The van der Waals surface area contributed by atoms with Crippen LogP contribution >= 0.6 is 0 Å². The lowest BCUT2D eigenvalue weighted by Crippen LogP contribution is -2.29. The van der Waals surface area contributed by atoms with Crippen LogP contribution in [0.3, 0.4) is 0 Å². The van der Waals surface area contributed by atoms with E-state index in [9.17, 15) is 9.90 Å². The number of aryl methyl sites for hydroxylation is 2. The molecule has 2 heterocycles. The number of amides is 1. The molecule has 7 nitrogen and oxygen atoms in total. The molecule has 0 saturated carbocycles. The van der Waals surface area contributed by atoms with E-state index < -0.39 is 5.91 Å². The van der Waals surface area contributed by atoms with Gasteiger partial charge in [-0.05, 0) is 67.5 Å². The van der Waals surface area contributed by atoms with Gasteiger partial charge in [-0.1, -0.05) is 24.3 Å². The fraction of sp³-hybridized carbons (Fsp3) is 0.360. The summed E-state index contributed by atoms with van der Waals surface area (Å²) >= 11 is 0. The Morgan fingerprint density at radius 1 is 1.09 bits per heavy atom. The number of aromatic nitrogens is 2. The first-order valence-corrected chi connectivity index (χ1v) is 11.2. The minimum atomic E-state index is -0.515. The molecule has 4 rings (SSSR count). The number of aromatic hydroxyl groups is 1. The molecule has 7 heteroatoms. The van der Waals surface area contributed by atoms with Gasteiger partial charge in [0.25, 0.3) is 5.91 Å². The van der Waals surface area contributed by atoms with Gasteiger partial charge in [-0.25, -0.2) is 0 Å². The minimum absolute atomic E-state index is 0.305. The van der Waals surface area contributed by atoms with Crippen molar-refractivity contribution >= 4 is 17.4 Å². The van der Waals surface area contributed by atoms with Crippen LogP contribution in [0.4, 0.5) is 11.5 Å². The van der Waals surface area contributed by atoms with E-state index in [1.165, 1.54) is 24.9 Å². The van der Waals surface area contributed by atoms with E-state index in [0.29, 0.717) is 35.8 Å². The first kappa shape index (κ1) is 21.7. The summed E-state index contributed by atoms with van der Waals surface area (Å²) in [4.78, 5) is 14.6. The van der Waals surface area contributed by atoms with E-state index in [1.54, 1.807) is 0 Å². The molecule has 32 heavy (non-hydrogen) atoms. The Morgan fingerprint density at radius 2 is 1.75 bits per heavy atom. The zero-order chi connectivity index (χ0) is 22.7. The third kappa shape index (κ3) is 4.72. The number of primary amides is 1. The minimum Gasteiger partial charge on any atom is -0.507 e. The summed E-state index contributed by atoms with van der Waals surface area (Å²) in [7, 11) is 0. The van der Waals surface area contributed by atoms with Crippen LogP contribution in [0.15, 0.2) is 36.4 Å². The number of nitrogens with zero attached hydrogens (tertiary/aromatic N) is 2. The Bertz CT molecular complexity index is 1080. The van der Waals surface area contributed by atoms with Crippen molar-refractivity contribution in [3.8, 4) is 5.75 Å². The van der Waals surface area contributed by atoms with Crippen LogP contribution in [0.25, 0.3) is 0 Å². The summed E-state index contributed by atoms with van der Waals surface area (Å²) in [5.41, 5.74) is 11.7. The number of benzene rings is 2. The number of phenolic OH excluding ortho intramolecular Hbond substituents is 1. The van der Waals surface area contributed by atoms with E-state index in [4.69, 9.17) is 5.73 Å². The van der Waals surface area contributed by atoms with Crippen molar-refractivity contribution in [3.63, 3.8) is 0 Å². The number of carbonyl (C=O) groups is 1. The molecule has 1 amide bonds.